The quantitative estimate of drug-likeness (QED) is 0.617. The number of aryl methyl sites for hydroxylation is 1. The Hall–Kier alpha value is -3.14. The molecule has 0 radical (unpaired) electrons. The first-order chi connectivity index (χ1) is 17.9. The average Bonchev–Trinajstić information content (AvgIpc) is 3.05. The number of imidazole rings is 1. The van der Waals surface area contributed by atoms with Crippen molar-refractivity contribution in [3.05, 3.63) is 34.2 Å². The van der Waals surface area contributed by atoms with Crippen LogP contribution in [0.4, 0.5) is 4.79 Å². The van der Waals surface area contributed by atoms with Gasteiger partial charge in [-0.25, -0.2) is 9.59 Å². The maximum atomic E-state index is 13.3. The number of rotatable bonds is 4. The van der Waals surface area contributed by atoms with Crippen LogP contribution < -0.4 is 11.0 Å². The van der Waals surface area contributed by atoms with E-state index in [1.807, 2.05) is 32.9 Å². The summed E-state index contributed by atoms with van der Waals surface area (Å²) in [6.07, 6.45) is 3.60. The van der Waals surface area contributed by atoms with Gasteiger partial charge in [0.25, 0.3) is 0 Å². The number of aromatic nitrogens is 2. The van der Waals surface area contributed by atoms with Crippen LogP contribution in [-0.4, -0.2) is 75.2 Å². The summed E-state index contributed by atoms with van der Waals surface area (Å²) in [5.41, 5.74) is 2.52. The number of ether oxygens (including phenoxy) is 1. The number of nitrogens with one attached hydrogen (secondary N) is 1. The van der Waals surface area contributed by atoms with Crippen LogP contribution in [0.25, 0.3) is 11.0 Å². The van der Waals surface area contributed by atoms with Crippen molar-refractivity contribution in [2.75, 3.05) is 32.7 Å². The molecule has 10 nitrogen and oxygen atoms in total. The molecule has 1 aromatic heterocycles. The van der Waals surface area contributed by atoms with Crippen molar-refractivity contribution in [3.8, 4) is 0 Å². The van der Waals surface area contributed by atoms with E-state index >= 15 is 0 Å². The van der Waals surface area contributed by atoms with Gasteiger partial charge in [0.1, 0.15) is 11.6 Å². The lowest BCUT2D eigenvalue weighted by Crippen LogP contribution is -2.69. The van der Waals surface area contributed by atoms with Crippen molar-refractivity contribution >= 4 is 28.9 Å². The molecule has 5 fully saturated rings. The van der Waals surface area contributed by atoms with Crippen molar-refractivity contribution < 1.29 is 19.1 Å². The van der Waals surface area contributed by atoms with Crippen molar-refractivity contribution in [1.82, 2.24) is 24.3 Å². The summed E-state index contributed by atoms with van der Waals surface area (Å²) < 4.78 is 8.78. The molecule has 3 heterocycles. The maximum Gasteiger partial charge on any atom is 0.410 e. The minimum Gasteiger partial charge on any atom is -0.444 e. The second kappa shape index (κ2) is 8.43. The first kappa shape index (κ1) is 25.2. The Morgan fingerprint density at radius 3 is 2.39 bits per heavy atom. The molecule has 10 heteroatoms. The van der Waals surface area contributed by atoms with Gasteiger partial charge in [-0.05, 0) is 68.9 Å². The molecule has 3 aliphatic carbocycles. The number of hydrogen-bond donors (Lipinski definition) is 1. The summed E-state index contributed by atoms with van der Waals surface area (Å²) in [4.78, 5) is 54.2. The summed E-state index contributed by atoms with van der Waals surface area (Å²) in [5.74, 6) is -0.692. The molecule has 3 amide bonds. The van der Waals surface area contributed by atoms with Crippen molar-refractivity contribution in [2.24, 2.45) is 12.5 Å². The van der Waals surface area contributed by atoms with Gasteiger partial charge >= 0.3 is 11.8 Å². The zero-order valence-corrected chi connectivity index (χ0v) is 22.7. The molecule has 0 spiro atoms. The Kier molecular flexibility index (Phi) is 5.58. The van der Waals surface area contributed by atoms with E-state index in [-0.39, 0.29) is 29.5 Å². The predicted molar refractivity (Wildman–Crippen MR) is 141 cm³/mol. The van der Waals surface area contributed by atoms with Gasteiger partial charge in [0.2, 0.25) is 11.8 Å². The molecular weight excluding hydrogens is 486 g/mol. The van der Waals surface area contributed by atoms with Gasteiger partial charge in [-0.3, -0.25) is 28.9 Å². The minimum atomic E-state index is -0.669. The van der Waals surface area contributed by atoms with E-state index < -0.39 is 17.6 Å². The largest absolute Gasteiger partial charge is 0.444 e. The molecule has 1 unspecified atom stereocenters. The maximum absolute atomic E-state index is 13.3. The van der Waals surface area contributed by atoms with Crippen molar-refractivity contribution in [3.63, 3.8) is 0 Å². The Balaban J connectivity index is 1.15. The zero-order valence-electron chi connectivity index (χ0n) is 22.7. The van der Waals surface area contributed by atoms with E-state index in [1.54, 1.807) is 21.1 Å². The summed E-state index contributed by atoms with van der Waals surface area (Å²) in [6, 6.07) is 5.37. The van der Waals surface area contributed by atoms with Crippen LogP contribution in [0, 0.1) is 5.41 Å². The molecule has 7 rings (SSSR count). The van der Waals surface area contributed by atoms with Gasteiger partial charge in [0, 0.05) is 46.2 Å². The predicted octanol–water partition coefficient (Wildman–Crippen LogP) is 2.29. The third kappa shape index (κ3) is 3.95. The van der Waals surface area contributed by atoms with E-state index in [2.05, 4.69) is 16.3 Å². The summed E-state index contributed by atoms with van der Waals surface area (Å²) in [5, 5.41) is 2.39. The highest BCUT2D eigenvalue weighted by Gasteiger charge is 2.68. The van der Waals surface area contributed by atoms with Crippen LogP contribution in [0.3, 0.4) is 0 Å². The summed E-state index contributed by atoms with van der Waals surface area (Å²) >= 11 is 0. The number of para-hydroxylation sites is 1. The highest BCUT2D eigenvalue weighted by Crippen LogP contribution is 2.74. The first-order valence-electron chi connectivity index (χ1n) is 13.6. The minimum absolute atomic E-state index is 0.0685. The zero-order chi connectivity index (χ0) is 27.0. The van der Waals surface area contributed by atoms with Gasteiger partial charge in [-0.1, -0.05) is 12.1 Å². The standard InChI is InChI=1S/C28H37N5O5/c1-26(2,3)38-25(37)32-12-10-31(11-13-32)17-27-14-28(15-27,16-27)18-6-5-7-19-22(18)30(4)24(36)33(19)20-8-9-21(34)29-23(20)35/h5-7,20H,8-17H2,1-4H3,(H,29,34,35). The van der Waals surface area contributed by atoms with E-state index in [1.165, 1.54) is 5.56 Å². The summed E-state index contributed by atoms with van der Waals surface area (Å²) in [7, 11) is 1.78. The van der Waals surface area contributed by atoms with Crippen molar-refractivity contribution in [1.29, 1.82) is 0 Å². The number of fused-ring (bicyclic) bond motifs is 1. The highest BCUT2D eigenvalue weighted by atomic mass is 16.6. The van der Waals surface area contributed by atoms with E-state index in [9.17, 15) is 19.2 Å². The molecule has 5 aliphatic rings. The van der Waals surface area contributed by atoms with Crippen LogP contribution in [0.5, 0.6) is 0 Å². The lowest BCUT2D eigenvalue weighted by Gasteiger charge is -2.72. The summed E-state index contributed by atoms with van der Waals surface area (Å²) in [6.45, 7) is 9.78. The number of imide groups is 1. The van der Waals surface area contributed by atoms with E-state index in [4.69, 9.17) is 4.74 Å². The number of nitrogens with zero attached hydrogens (tertiary/aromatic N) is 4. The fourth-order valence-corrected chi connectivity index (χ4v) is 7.44. The Labute approximate surface area is 221 Å². The first-order valence-corrected chi connectivity index (χ1v) is 13.6. The fraction of sp³-hybridized carbons (Fsp3) is 0.643. The smallest absolute Gasteiger partial charge is 0.410 e. The van der Waals surface area contributed by atoms with Crippen molar-refractivity contribution in [2.45, 2.75) is 69.9 Å². The fourth-order valence-electron chi connectivity index (χ4n) is 7.44. The molecule has 2 saturated heterocycles. The van der Waals surface area contributed by atoms with E-state index in [0.29, 0.717) is 24.9 Å². The van der Waals surface area contributed by atoms with Crippen LogP contribution >= 0.6 is 0 Å². The number of carbonyl (C=O) groups is 3. The number of amides is 3. The number of carbonyl (C=O) groups excluding carboxylic acids is 3. The molecule has 1 atom stereocenters. The van der Waals surface area contributed by atoms with E-state index in [0.717, 1.165) is 49.9 Å². The number of benzene rings is 1. The normalized spacial score (nSPS) is 29.6. The molecule has 1 aromatic carbocycles. The topological polar surface area (TPSA) is 106 Å². The average molecular weight is 524 g/mol. The Bertz CT molecular complexity index is 1370. The van der Waals surface area contributed by atoms with Gasteiger partial charge in [0.05, 0.1) is 11.0 Å². The molecular formula is C28H37N5O5. The highest BCUT2D eigenvalue weighted by molar-refractivity contribution is 6.00. The lowest BCUT2D eigenvalue weighted by molar-refractivity contribution is -0.157. The molecule has 204 valence electrons. The molecule has 2 aliphatic heterocycles. The van der Waals surface area contributed by atoms with Gasteiger partial charge < -0.3 is 9.64 Å². The second-order valence-electron chi connectivity index (χ2n) is 12.9. The molecule has 2 bridgehead atoms. The van der Waals surface area contributed by atoms with Crippen LogP contribution in [0.1, 0.15) is 64.5 Å². The second-order valence-corrected chi connectivity index (χ2v) is 12.9. The van der Waals surface area contributed by atoms with Crippen LogP contribution in [0.15, 0.2) is 23.0 Å². The van der Waals surface area contributed by atoms with Gasteiger partial charge in [0.15, 0.2) is 0 Å². The third-order valence-corrected chi connectivity index (χ3v) is 8.92. The number of piperidine rings is 1. The number of hydrogen-bond acceptors (Lipinski definition) is 6. The molecule has 38 heavy (non-hydrogen) atoms. The third-order valence-electron chi connectivity index (χ3n) is 8.92. The SMILES string of the molecule is Cn1c(=O)n(C2CCC(=O)NC2=O)c2cccc(C34CC(CN5CCN(C(=O)OC(C)(C)C)CC5)(C3)C4)c21. The van der Waals surface area contributed by atoms with Crippen LogP contribution in [-0.2, 0) is 26.8 Å². The monoisotopic (exact) mass is 523 g/mol. The number of piperazine rings is 1. The molecule has 1 N–H and O–H groups in total. The Morgan fingerprint density at radius 1 is 1.08 bits per heavy atom. The molecule has 2 aromatic rings. The van der Waals surface area contributed by atoms with Gasteiger partial charge in [-0.2, -0.15) is 0 Å². The molecule has 3 saturated carbocycles. The van der Waals surface area contributed by atoms with Crippen LogP contribution in [0.2, 0.25) is 0 Å². The lowest BCUT2D eigenvalue weighted by atomic mass is 9.33. The van der Waals surface area contributed by atoms with Gasteiger partial charge in [-0.15, -0.1) is 0 Å². The Morgan fingerprint density at radius 2 is 1.76 bits per heavy atom.